The van der Waals surface area contributed by atoms with Crippen LogP contribution in [0.5, 0.6) is 5.75 Å². The summed E-state index contributed by atoms with van der Waals surface area (Å²) in [6.07, 6.45) is 5.48. The quantitative estimate of drug-likeness (QED) is 0.388. The van der Waals surface area contributed by atoms with Crippen LogP contribution in [0.15, 0.2) is 52.1 Å². The van der Waals surface area contributed by atoms with Gasteiger partial charge in [0.15, 0.2) is 12.6 Å². The average Bonchev–Trinajstić information content (AvgIpc) is 3.36. The number of aliphatic imine (C=N–C) groups is 1. The first kappa shape index (κ1) is 23.7. The van der Waals surface area contributed by atoms with Gasteiger partial charge in [-0.1, -0.05) is 18.6 Å². The summed E-state index contributed by atoms with van der Waals surface area (Å²) in [6, 6.07) is 11.9. The Balaban J connectivity index is 1.52. The van der Waals surface area contributed by atoms with Crippen LogP contribution in [0.2, 0.25) is 0 Å². The van der Waals surface area contributed by atoms with E-state index in [-0.39, 0.29) is 18.6 Å². The summed E-state index contributed by atoms with van der Waals surface area (Å²) < 4.78 is 11.3. The first-order chi connectivity index (χ1) is 15.7. The highest BCUT2D eigenvalue weighted by Crippen LogP contribution is 2.24. The van der Waals surface area contributed by atoms with Gasteiger partial charge in [0.05, 0.1) is 12.3 Å². The van der Waals surface area contributed by atoms with Gasteiger partial charge in [0, 0.05) is 26.7 Å². The number of benzene rings is 1. The fourth-order valence-corrected chi connectivity index (χ4v) is 3.86. The van der Waals surface area contributed by atoms with Gasteiger partial charge in [-0.15, -0.1) is 0 Å². The van der Waals surface area contributed by atoms with Gasteiger partial charge < -0.3 is 25.1 Å². The molecule has 1 amide bonds. The second-order valence-electron chi connectivity index (χ2n) is 7.82. The molecule has 2 aromatic rings. The van der Waals surface area contributed by atoms with Crippen LogP contribution >= 0.6 is 0 Å². The summed E-state index contributed by atoms with van der Waals surface area (Å²) in [6.45, 7) is 5.96. The van der Waals surface area contributed by atoms with E-state index in [1.807, 2.05) is 43.3 Å². The van der Waals surface area contributed by atoms with E-state index < -0.39 is 0 Å². The molecule has 0 spiro atoms. The van der Waals surface area contributed by atoms with Crippen molar-refractivity contribution in [2.45, 2.75) is 38.8 Å². The van der Waals surface area contributed by atoms with Gasteiger partial charge in [-0.25, -0.2) is 0 Å². The van der Waals surface area contributed by atoms with Gasteiger partial charge in [0.25, 0.3) is 5.91 Å². The zero-order chi connectivity index (χ0) is 22.6. The van der Waals surface area contributed by atoms with Crippen molar-refractivity contribution in [2.75, 3.05) is 39.8 Å². The van der Waals surface area contributed by atoms with Crippen LogP contribution in [0.3, 0.4) is 0 Å². The molecule has 3 rings (SSSR count). The molecule has 1 unspecified atom stereocenters. The Morgan fingerprint density at radius 3 is 2.72 bits per heavy atom. The minimum atomic E-state index is -0.125. The predicted molar refractivity (Wildman–Crippen MR) is 126 cm³/mol. The lowest BCUT2D eigenvalue weighted by molar-refractivity contribution is -0.122. The Morgan fingerprint density at radius 2 is 2.00 bits per heavy atom. The van der Waals surface area contributed by atoms with Gasteiger partial charge in [-0.05, 0) is 62.7 Å². The fraction of sp³-hybridized carbons (Fsp3) is 0.500. The van der Waals surface area contributed by atoms with E-state index in [0.717, 1.165) is 30.4 Å². The molecule has 1 aromatic heterocycles. The zero-order valence-electron chi connectivity index (χ0n) is 19.1. The molecule has 8 nitrogen and oxygen atoms in total. The first-order valence-corrected chi connectivity index (χ1v) is 11.4. The third kappa shape index (κ3) is 7.30. The highest BCUT2D eigenvalue weighted by molar-refractivity contribution is 5.79. The molecule has 3 N–H and O–H groups in total. The van der Waals surface area contributed by atoms with Crippen molar-refractivity contribution in [3.05, 3.63) is 54.0 Å². The van der Waals surface area contributed by atoms with E-state index in [2.05, 4.69) is 25.8 Å². The molecule has 2 heterocycles. The van der Waals surface area contributed by atoms with Gasteiger partial charge in [0.1, 0.15) is 11.5 Å². The lowest BCUT2D eigenvalue weighted by atomic mass is 10.1. The number of rotatable bonds is 10. The highest BCUT2D eigenvalue weighted by Gasteiger charge is 2.24. The van der Waals surface area contributed by atoms with Crippen LogP contribution in [0.25, 0.3) is 0 Å². The number of amides is 1. The molecule has 0 aliphatic carbocycles. The fourth-order valence-electron chi connectivity index (χ4n) is 3.86. The van der Waals surface area contributed by atoms with Crippen molar-refractivity contribution in [1.82, 2.24) is 20.9 Å². The molecular weight excluding hydrogens is 406 g/mol. The van der Waals surface area contributed by atoms with Crippen LogP contribution in [0.1, 0.15) is 43.6 Å². The second kappa shape index (κ2) is 12.8. The molecule has 0 radical (unpaired) electrons. The maximum Gasteiger partial charge on any atom is 0.257 e. The van der Waals surface area contributed by atoms with Gasteiger partial charge >= 0.3 is 0 Å². The van der Waals surface area contributed by atoms with E-state index in [4.69, 9.17) is 9.15 Å². The number of hydrogen-bond acceptors (Lipinski definition) is 5. The van der Waals surface area contributed by atoms with Crippen molar-refractivity contribution >= 4 is 11.9 Å². The first-order valence-electron chi connectivity index (χ1n) is 11.4. The maximum absolute atomic E-state index is 11.6. The Labute approximate surface area is 190 Å². The third-order valence-corrected chi connectivity index (χ3v) is 5.49. The molecule has 32 heavy (non-hydrogen) atoms. The smallest absolute Gasteiger partial charge is 0.257 e. The van der Waals surface area contributed by atoms with Crippen molar-refractivity contribution < 1.29 is 13.9 Å². The SMILES string of the molecule is CCNC(=O)COc1cccc(CNC(=NC)NCC(c2ccco2)N2CCCCC2)c1. The minimum Gasteiger partial charge on any atom is -0.484 e. The Kier molecular flexibility index (Phi) is 9.43. The average molecular weight is 442 g/mol. The second-order valence-corrected chi connectivity index (χ2v) is 7.82. The standard InChI is InChI=1S/C24H35N5O3/c1-3-26-23(30)18-32-20-10-7-9-19(15-20)16-27-24(25-2)28-17-21(22-11-8-14-31-22)29-12-5-4-6-13-29/h7-11,14-15,21H,3-6,12-13,16-18H2,1-2H3,(H,26,30)(H2,25,27,28). The topological polar surface area (TPSA) is 91.1 Å². The molecule has 1 aromatic carbocycles. The number of nitrogens with one attached hydrogen (secondary N) is 3. The third-order valence-electron chi connectivity index (χ3n) is 5.49. The van der Waals surface area contributed by atoms with E-state index in [1.165, 1.54) is 19.3 Å². The Bertz CT molecular complexity index is 847. The largest absolute Gasteiger partial charge is 0.484 e. The van der Waals surface area contributed by atoms with Crippen molar-refractivity contribution in [3.63, 3.8) is 0 Å². The maximum atomic E-state index is 11.6. The summed E-state index contributed by atoms with van der Waals surface area (Å²) >= 11 is 0. The number of carbonyl (C=O) groups is 1. The van der Waals surface area contributed by atoms with Gasteiger partial charge in [-0.3, -0.25) is 14.7 Å². The summed E-state index contributed by atoms with van der Waals surface area (Å²) in [5, 5.41) is 9.53. The highest BCUT2D eigenvalue weighted by atomic mass is 16.5. The lowest BCUT2D eigenvalue weighted by Gasteiger charge is -2.33. The molecule has 174 valence electrons. The minimum absolute atomic E-state index is 0.0125. The molecule has 1 fully saturated rings. The molecular formula is C24H35N5O3. The van der Waals surface area contributed by atoms with Crippen molar-refractivity contribution in [2.24, 2.45) is 4.99 Å². The van der Waals surface area contributed by atoms with Crippen molar-refractivity contribution in [3.8, 4) is 5.75 Å². The number of guanidine groups is 1. The number of furan rings is 1. The molecule has 8 heteroatoms. The van der Waals surface area contributed by atoms with E-state index in [0.29, 0.717) is 25.4 Å². The van der Waals surface area contributed by atoms with Crippen molar-refractivity contribution in [1.29, 1.82) is 0 Å². The number of likely N-dealkylation sites (tertiary alicyclic amines) is 1. The summed E-state index contributed by atoms with van der Waals surface area (Å²) in [5.74, 6) is 2.25. The monoisotopic (exact) mass is 441 g/mol. The predicted octanol–water partition coefficient (Wildman–Crippen LogP) is 2.69. The molecule has 1 saturated heterocycles. The summed E-state index contributed by atoms with van der Waals surface area (Å²) in [7, 11) is 1.77. The number of carbonyl (C=O) groups excluding carboxylic acids is 1. The van der Waals surface area contributed by atoms with Crippen LogP contribution < -0.4 is 20.7 Å². The Morgan fingerprint density at radius 1 is 1.16 bits per heavy atom. The molecule has 1 aliphatic heterocycles. The molecule has 0 bridgehead atoms. The number of piperidine rings is 1. The normalized spacial score (nSPS) is 15.8. The zero-order valence-corrected chi connectivity index (χ0v) is 19.1. The van der Waals surface area contributed by atoms with Crippen LogP contribution in [-0.2, 0) is 11.3 Å². The molecule has 1 aliphatic rings. The van der Waals surface area contributed by atoms with Crippen LogP contribution in [0, 0.1) is 0 Å². The van der Waals surface area contributed by atoms with E-state index in [9.17, 15) is 4.79 Å². The number of ether oxygens (including phenoxy) is 1. The summed E-state index contributed by atoms with van der Waals surface area (Å²) in [5.41, 5.74) is 1.04. The molecule has 0 saturated carbocycles. The van der Waals surface area contributed by atoms with Gasteiger partial charge in [0.2, 0.25) is 0 Å². The Hall–Kier alpha value is -3.00. The van der Waals surface area contributed by atoms with E-state index >= 15 is 0 Å². The van der Waals surface area contributed by atoms with Crippen LogP contribution in [-0.4, -0.2) is 56.6 Å². The van der Waals surface area contributed by atoms with E-state index in [1.54, 1.807) is 13.3 Å². The lowest BCUT2D eigenvalue weighted by Crippen LogP contribution is -2.44. The summed E-state index contributed by atoms with van der Waals surface area (Å²) in [4.78, 5) is 18.4. The molecule has 1 atom stereocenters. The van der Waals surface area contributed by atoms with Crippen LogP contribution in [0.4, 0.5) is 0 Å². The number of likely N-dealkylation sites (N-methyl/N-ethyl adjacent to an activating group) is 1. The van der Waals surface area contributed by atoms with Gasteiger partial charge in [-0.2, -0.15) is 0 Å². The number of nitrogens with zero attached hydrogens (tertiary/aromatic N) is 2. The number of hydrogen-bond donors (Lipinski definition) is 3.